The first kappa shape index (κ1) is 73.3. The zero-order valence-corrected chi connectivity index (χ0v) is 62.2. The molecule has 0 aliphatic rings. The molecule has 0 saturated carbocycles. The van der Waals surface area contributed by atoms with Gasteiger partial charge < -0.3 is 40.0 Å². The van der Waals surface area contributed by atoms with Gasteiger partial charge in [-0.2, -0.15) is 0 Å². The van der Waals surface area contributed by atoms with Crippen molar-refractivity contribution < 1.29 is 20.4 Å². The van der Waals surface area contributed by atoms with Crippen molar-refractivity contribution in [3.05, 3.63) is 389 Å². The van der Waals surface area contributed by atoms with Crippen molar-refractivity contribution in [1.82, 2.24) is 4.90 Å². The normalized spacial score (nSPS) is 12.0. The highest BCUT2D eigenvalue weighted by atomic mass is 16.3. The van der Waals surface area contributed by atoms with E-state index in [4.69, 9.17) is 0 Å². The van der Waals surface area contributed by atoms with Gasteiger partial charge >= 0.3 is 0 Å². The molecular weight excluding hydrogens is 1260 g/mol. The second kappa shape index (κ2) is 33.7. The third-order valence-corrected chi connectivity index (χ3v) is 20.5. The van der Waals surface area contributed by atoms with Crippen LogP contribution in [0, 0.1) is 55.4 Å². The van der Waals surface area contributed by atoms with Crippen molar-refractivity contribution in [3.8, 4) is 17.2 Å². The monoisotopic (exact) mass is 1360 g/mol. The van der Waals surface area contributed by atoms with Crippen LogP contribution in [0.1, 0.15) is 149 Å². The van der Waals surface area contributed by atoms with Crippen molar-refractivity contribution >= 4 is 17.1 Å². The van der Waals surface area contributed by atoms with E-state index < -0.39 is 0 Å². The maximum Gasteiger partial charge on any atom is 0.122 e. The molecule has 11 aromatic carbocycles. The lowest BCUT2D eigenvalue weighted by Gasteiger charge is -2.34. The number of phenolic OH excluding ortho intramolecular Hbond substituents is 3. The Morgan fingerprint density at radius 1 is 0.388 bits per heavy atom. The first-order valence-electron chi connectivity index (χ1n) is 36.4. The van der Waals surface area contributed by atoms with E-state index in [0.717, 1.165) is 50.6 Å². The number of aryl methyl sites for hydroxylation is 9. The van der Waals surface area contributed by atoms with E-state index in [1.165, 1.54) is 66.8 Å². The van der Waals surface area contributed by atoms with Crippen LogP contribution in [0.4, 0.5) is 17.1 Å². The molecular formula is C95H102N4O4. The van der Waals surface area contributed by atoms with Crippen molar-refractivity contribution in [2.75, 3.05) is 14.7 Å². The molecule has 11 rings (SSSR count). The highest BCUT2D eigenvalue weighted by Crippen LogP contribution is 2.43. The highest BCUT2D eigenvalue weighted by molar-refractivity contribution is 5.66. The molecule has 0 spiro atoms. The van der Waals surface area contributed by atoms with Crippen LogP contribution in [0.5, 0.6) is 17.2 Å². The summed E-state index contributed by atoms with van der Waals surface area (Å²) in [5.41, 5.74) is 26.9. The van der Waals surface area contributed by atoms with Gasteiger partial charge in [-0.25, -0.2) is 0 Å². The second-order valence-corrected chi connectivity index (χ2v) is 28.5. The highest BCUT2D eigenvalue weighted by Gasteiger charge is 2.27. The molecule has 0 aliphatic carbocycles. The molecule has 11 aromatic rings. The number of benzene rings is 11. The maximum atomic E-state index is 13.5. The minimum Gasteiger partial charge on any atom is -0.508 e. The van der Waals surface area contributed by atoms with E-state index in [1.54, 1.807) is 0 Å². The topological polar surface area (TPSA) is 93.9 Å². The van der Waals surface area contributed by atoms with E-state index in [0.29, 0.717) is 85.6 Å². The molecule has 8 heteroatoms. The Labute approximate surface area is 613 Å². The van der Waals surface area contributed by atoms with Crippen molar-refractivity contribution in [2.45, 2.75) is 154 Å². The van der Waals surface area contributed by atoms with E-state index in [2.05, 4.69) is 308 Å². The third kappa shape index (κ3) is 18.6. The first-order chi connectivity index (χ1) is 49.7. The molecule has 0 amide bonds. The fourth-order valence-corrected chi connectivity index (χ4v) is 14.6. The molecule has 0 bridgehead atoms. The lowest BCUT2D eigenvalue weighted by atomic mass is 9.91. The Morgan fingerprint density at radius 3 is 1.17 bits per heavy atom. The quantitative estimate of drug-likeness (QED) is 0.0272. The Bertz CT molecular complexity index is 4790. The van der Waals surface area contributed by atoms with Crippen molar-refractivity contribution in [1.29, 1.82) is 0 Å². The van der Waals surface area contributed by atoms with Crippen LogP contribution in [-0.2, 0) is 71.5 Å². The number of phenols is 3. The molecule has 1 unspecified atom stereocenters. The first-order valence-corrected chi connectivity index (χ1v) is 36.4. The van der Waals surface area contributed by atoms with Gasteiger partial charge in [-0.05, 0) is 196 Å². The summed E-state index contributed by atoms with van der Waals surface area (Å²) >= 11 is 0. The predicted molar refractivity (Wildman–Crippen MR) is 430 cm³/mol. The summed E-state index contributed by atoms with van der Waals surface area (Å²) in [4.78, 5) is 9.54. The zero-order valence-electron chi connectivity index (χ0n) is 62.2. The van der Waals surface area contributed by atoms with Gasteiger partial charge in [-0.15, -0.1) is 0 Å². The standard InChI is InChI=1S/C95H102N4O4/c1-13-78-50-89(96(57-74-27-19-15-20-28-74)58-75-29-21-16-22-30-75)52-84(93(78)101)48-85-53-90(98(60-77-33-25-18-26-34-77)62-80-40-36-65(4)44-69(80)8)54-86(95(85)103)49-87-56-91(99(63-81-41-37-66(5)45-70(81)9)72(11)92-42-38-67(6)46-71(92)10)55-83(94(87)102)47-82(73(12)100)51-88(14-2)97(59-76-31-23-17-24-32-76)61-79-39-35-64(3)43-68(79)7/h14-46,50-56,72,100-103H,12-13,47-49,57-63H2,1-11H3/b82-51?,88-14+. The second-order valence-electron chi connectivity index (χ2n) is 28.5. The van der Waals surface area contributed by atoms with Crippen molar-refractivity contribution in [2.24, 2.45) is 0 Å². The molecule has 0 aliphatic heterocycles. The number of rotatable bonds is 29. The van der Waals surface area contributed by atoms with Crippen LogP contribution in [0.15, 0.2) is 266 Å². The number of aliphatic hydroxyl groups is 1. The molecule has 8 nitrogen and oxygen atoms in total. The molecule has 103 heavy (non-hydrogen) atoms. The average molecular weight is 1360 g/mol. The number of hydrogen-bond donors (Lipinski definition) is 4. The van der Waals surface area contributed by atoms with Crippen LogP contribution in [-0.4, -0.2) is 25.3 Å². The number of allylic oxidation sites excluding steroid dienone is 3. The maximum absolute atomic E-state index is 13.5. The minimum atomic E-state index is -0.159. The minimum absolute atomic E-state index is 0.0533. The fraction of sp³-hybridized carbons (Fsp3) is 0.242. The summed E-state index contributed by atoms with van der Waals surface area (Å²) in [6.07, 6.45) is 5.15. The van der Waals surface area contributed by atoms with E-state index in [-0.39, 0.29) is 48.3 Å². The Kier molecular flexibility index (Phi) is 24.0. The lowest BCUT2D eigenvalue weighted by molar-refractivity contribution is 0.337. The molecule has 0 radical (unpaired) electrons. The fourth-order valence-electron chi connectivity index (χ4n) is 14.6. The largest absolute Gasteiger partial charge is 0.508 e. The molecule has 0 saturated heterocycles. The number of aliphatic hydroxyl groups excluding tert-OH is 1. The summed E-state index contributed by atoms with van der Waals surface area (Å²) in [7, 11) is 0. The van der Waals surface area contributed by atoms with Crippen LogP contribution in [0.3, 0.4) is 0 Å². The number of hydrogen-bond acceptors (Lipinski definition) is 8. The van der Waals surface area contributed by atoms with Gasteiger partial charge in [0.15, 0.2) is 0 Å². The van der Waals surface area contributed by atoms with Crippen LogP contribution in [0.25, 0.3) is 0 Å². The molecule has 4 N–H and O–H groups in total. The Morgan fingerprint density at radius 2 is 0.748 bits per heavy atom. The number of anilines is 3. The summed E-state index contributed by atoms with van der Waals surface area (Å²) < 4.78 is 0. The van der Waals surface area contributed by atoms with Gasteiger partial charge in [0.25, 0.3) is 0 Å². The predicted octanol–water partition coefficient (Wildman–Crippen LogP) is 22.3. The number of aromatic hydroxyl groups is 3. The van der Waals surface area contributed by atoms with Crippen molar-refractivity contribution in [3.63, 3.8) is 0 Å². The van der Waals surface area contributed by atoms with Gasteiger partial charge in [-0.3, -0.25) is 0 Å². The van der Waals surface area contributed by atoms with Gasteiger partial charge in [0, 0.05) is 116 Å². The van der Waals surface area contributed by atoms with Gasteiger partial charge in [0.1, 0.15) is 23.0 Å². The molecule has 1 atom stereocenters. The zero-order chi connectivity index (χ0) is 72.8. The van der Waals surface area contributed by atoms with Crippen LogP contribution < -0.4 is 14.7 Å². The Hall–Kier alpha value is -11.0. The van der Waals surface area contributed by atoms with E-state index in [9.17, 15) is 20.4 Å². The summed E-state index contributed by atoms with van der Waals surface area (Å²) in [6.45, 7) is 32.0. The molecule has 0 heterocycles. The van der Waals surface area contributed by atoms with Gasteiger partial charge in [-0.1, -0.05) is 236 Å². The smallest absolute Gasteiger partial charge is 0.122 e. The Balaban J connectivity index is 1.11. The molecule has 0 aromatic heterocycles. The summed E-state index contributed by atoms with van der Waals surface area (Å²) in [6, 6.07) is 81.1. The van der Waals surface area contributed by atoms with E-state index in [1.807, 2.05) is 37.3 Å². The van der Waals surface area contributed by atoms with Gasteiger partial charge in [0.05, 0.1) is 6.04 Å². The molecule has 526 valence electrons. The SMILES string of the molecule is C=C(O)C(=C/C(=C\C)N(Cc1ccccc1)Cc1ccc(C)cc1C)Cc1cc(N(Cc2ccc(C)cc2C)C(C)c2ccc(C)cc2C)cc(Cc2cc(N(Cc3ccccc3)Cc3ccc(C)cc3C)cc(Cc3cc(N(Cc4ccccc4)Cc4ccccc4)cc(CC)c3O)c2O)c1O. The van der Waals surface area contributed by atoms with Gasteiger partial charge in [0.2, 0.25) is 0 Å². The molecule has 0 fully saturated rings. The van der Waals surface area contributed by atoms with E-state index >= 15 is 0 Å². The average Bonchev–Trinajstić information content (AvgIpc) is 0.776. The summed E-state index contributed by atoms with van der Waals surface area (Å²) in [5.74, 6) is 0.230. The summed E-state index contributed by atoms with van der Waals surface area (Å²) in [5, 5.41) is 51.7. The third-order valence-electron chi connectivity index (χ3n) is 20.5. The van der Waals surface area contributed by atoms with Crippen LogP contribution >= 0.6 is 0 Å². The lowest BCUT2D eigenvalue weighted by Crippen LogP contribution is -2.27. The number of nitrogens with zero attached hydrogens (tertiary/aromatic N) is 4. The van der Waals surface area contributed by atoms with Crippen LogP contribution in [0.2, 0.25) is 0 Å².